The van der Waals surface area contributed by atoms with Gasteiger partial charge in [-0.15, -0.1) is 0 Å². The Kier molecular flexibility index (Phi) is 40.5. The van der Waals surface area contributed by atoms with Crippen LogP contribution in [0.4, 0.5) is 0 Å². The van der Waals surface area contributed by atoms with Crippen molar-refractivity contribution in [2.24, 2.45) is 0 Å². The van der Waals surface area contributed by atoms with Gasteiger partial charge >= 0.3 is 48.7 Å². The third kappa shape index (κ3) is 22.3. The van der Waals surface area contributed by atoms with E-state index >= 15 is 0 Å². The summed E-state index contributed by atoms with van der Waals surface area (Å²) in [6.45, 7) is 7.49. The fourth-order valence-corrected chi connectivity index (χ4v) is 2.36. The summed E-state index contributed by atoms with van der Waals surface area (Å²) in [5, 5.41) is 0. The molecule has 9 heteroatoms. The molecule has 21 heavy (non-hydrogen) atoms. The van der Waals surface area contributed by atoms with Gasteiger partial charge in [0.2, 0.25) is 0 Å². The normalized spacial score (nSPS) is 9.67. The number of unbranched alkanes of at least 4 members (excludes halogenated alkanes) is 3. The van der Waals surface area contributed by atoms with Crippen LogP contribution < -0.4 is 37.2 Å². The van der Waals surface area contributed by atoms with E-state index in [9.17, 15) is 4.57 Å². The molecule has 0 saturated carbocycles. The first-order chi connectivity index (χ1) is 8.18. The molecule has 0 aliphatic carbocycles. The van der Waals surface area contributed by atoms with Gasteiger partial charge in [-0.05, 0) is 19.3 Å². The van der Waals surface area contributed by atoms with Crippen molar-refractivity contribution in [2.75, 3.05) is 19.8 Å². The molecule has 0 aromatic rings. The van der Waals surface area contributed by atoms with Gasteiger partial charge in [0.05, 0.1) is 19.8 Å². The van der Waals surface area contributed by atoms with Crippen LogP contribution in [-0.4, -0.2) is 19.8 Å². The van der Waals surface area contributed by atoms with Crippen molar-refractivity contribution in [2.45, 2.75) is 59.3 Å². The van der Waals surface area contributed by atoms with E-state index in [4.69, 9.17) is 13.6 Å². The Morgan fingerprint density at radius 3 is 1.10 bits per heavy atom. The van der Waals surface area contributed by atoms with E-state index in [-0.39, 0.29) is 78.1 Å². The Morgan fingerprint density at radius 1 is 0.667 bits per heavy atom. The molecular formula is C12H27Cl3NdO4P. The van der Waals surface area contributed by atoms with Crippen LogP contribution in [0.2, 0.25) is 0 Å². The number of phosphoric ester groups is 1. The summed E-state index contributed by atoms with van der Waals surface area (Å²) in [6, 6.07) is 0. The first-order valence-electron chi connectivity index (χ1n) is 6.72. The fraction of sp³-hybridized carbons (Fsp3) is 1.00. The Bertz CT molecular complexity index is 193. The smallest absolute Gasteiger partial charge is 1.00 e. The number of rotatable bonds is 12. The second kappa shape index (κ2) is 24.6. The van der Waals surface area contributed by atoms with Gasteiger partial charge in [-0.3, -0.25) is 13.6 Å². The van der Waals surface area contributed by atoms with Crippen LogP contribution in [0.5, 0.6) is 0 Å². The molecule has 0 bridgehead atoms. The Labute approximate surface area is 181 Å². The zero-order valence-electron chi connectivity index (χ0n) is 13.1. The Hall–Kier alpha value is 2.33. The molecule has 0 aliphatic rings. The molecule has 129 valence electrons. The molecule has 0 spiro atoms. The first-order valence-corrected chi connectivity index (χ1v) is 8.18. The molecule has 0 aromatic carbocycles. The average Bonchev–Trinajstić information content (AvgIpc) is 2.30. The molecule has 0 rings (SSSR count). The molecule has 0 N–H and O–H groups in total. The summed E-state index contributed by atoms with van der Waals surface area (Å²) in [7, 11) is -3.31. The van der Waals surface area contributed by atoms with E-state index in [0.29, 0.717) is 19.8 Å². The van der Waals surface area contributed by atoms with Gasteiger partial charge in [0.1, 0.15) is 0 Å². The SMILES string of the molecule is CCCCOP(=O)(OCCCC)OCCCC.[Cl-].[Cl-].[Cl-].[Nd+3]. The van der Waals surface area contributed by atoms with Crippen molar-refractivity contribution in [1.82, 2.24) is 0 Å². The fourth-order valence-electron chi connectivity index (χ4n) is 1.07. The van der Waals surface area contributed by atoms with E-state index in [1.807, 2.05) is 0 Å². The Morgan fingerprint density at radius 2 is 0.905 bits per heavy atom. The van der Waals surface area contributed by atoms with Crippen molar-refractivity contribution >= 4 is 7.82 Å². The summed E-state index contributed by atoms with van der Waals surface area (Å²) >= 11 is 0. The van der Waals surface area contributed by atoms with Crippen LogP contribution in [0.3, 0.4) is 0 Å². The zero-order valence-corrected chi connectivity index (χ0v) is 19.4. The Balaban J connectivity index is -0.000000213. The second-order valence-electron chi connectivity index (χ2n) is 4.01. The van der Waals surface area contributed by atoms with Crippen LogP contribution >= 0.6 is 7.82 Å². The van der Waals surface area contributed by atoms with E-state index in [1.165, 1.54) is 0 Å². The molecule has 0 heterocycles. The quantitative estimate of drug-likeness (QED) is 0.194. The maximum absolute atomic E-state index is 12.2. The number of phosphoric acid groups is 1. The first kappa shape index (κ1) is 34.6. The van der Waals surface area contributed by atoms with Gasteiger partial charge in [-0.1, -0.05) is 40.0 Å². The van der Waals surface area contributed by atoms with Crippen molar-refractivity contribution in [1.29, 1.82) is 0 Å². The van der Waals surface area contributed by atoms with Crippen molar-refractivity contribution < 1.29 is 96.2 Å². The standard InChI is InChI=1S/C12H27O4P.3ClH.Nd/c1-4-7-10-14-17(13,15-11-8-5-2)16-12-9-6-3;;;;/h4-12H2,1-3H3;3*1H;/q;;;;+3/p-3. The third-order valence-electron chi connectivity index (χ3n) is 2.24. The molecule has 0 fully saturated rings. The van der Waals surface area contributed by atoms with Crippen molar-refractivity contribution in [3.05, 3.63) is 0 Å². The number of hydrogen-bond donors (Lipinski definition) is 0. The van der Waals surface area contributed by atoms with Gasteiger partial charge in [-0.2, -0.15) is 0 Å². The minimum absolute atomic E-state index is 0. The minimum Gasteiger partial charge on any atom is -1.00 e. The summed E-state index contributed by atoms with van der Waals surface area (Å²) in [5.74, 6) is 0. The van der Waals surface area contributed by atoms with Crippen LogP contribution in [0.1, 0.15) is 59.3 Å². The van der Waals surface area contributed by atoms with Crippen LogP contribution in [-0.2, 0) is 18.1 Å². The van der Waals surface area contributed by atoms with E-state index in [1.54, 1.807) is 0 Å². The molecule has 4 nitrogen and oxygen atoms in total. The van der Waals surface area contributed by atoms with Crippen LogP contribution in [0.15, 0.2) is 0 Å². The number of halogens is 3. The molecule has 1 radical (unpaired) electrons. The van der Waals surface area contributed by atoms with E-state index < -0.39 is 7.82 Å². The monoisotopic (exact) mass is 513 g/mol. The number of hydrogen-bond acceptors (Lipinski definition) is 4. The molecule has 0 unspecified atom stereocenters. The molecule has 0 amide bonds. The van der Waals surface area contributed by atoms with Crippen LogP contribution in [0, 0.1) is 40.8 Å². The summed E-state index contributed by atoms with van der Waals surface area (Å²) < 4.78 is 28.0. The minimum atomic E-state index is -3.31. The van der Waals surface area contributed by atoms with E-state index in [0.717, 1.165) is 38.5 Å². The second-order valence-corrected chi connectivity index (χ2v) is 5.68. The predicted molar refractivity (Wildman–Crippen MR) is 70.2 cm³/mol. The van der Waals surface area contributed by atoms with Crippen LogP contribution in [0.25, 0.3) is 0 Å². The van der Waals surface area contributed by atoms with Gasteiger partial charge < -0.3 is 37.2 Å². The maximum Gasteiger partial charge on any atom is 3.00 e. The van der Waals surface area contributed by atoms with E-state index in [2.05, 4.69) is 20.8 Å². The maximum atomic E-state index is 12.2. The van der Waals surface area contributed by atoms with Gasteiger partial charge in [0.25, 0.3) is 0 Å². The molecule has 0 atom stereocenters. The largest absolute Gasteiger partial charge is 3.00 e. The summed E-state index contributed by atoms with van der Waals surface area (Å²) in [5.41, 5.74) is 0. The molecular weight excluding hydrogens is 490 g/mol. The zero-order chi connectivity index (χ0) is 13.0. The van der Waals surface area contributed by atoms with Gasteiger partial charge in [0, 0.05) is 0 Å². The van der Waals surface area contributed by atoms with Crippen molar-refractivity contribution in [3.8, 4) is 0 Å². The topological polar surface area (TPSA) is 44.8 Å². The van der Waals surface area contributed by atoms with Gasteiger partial charge in [-0.25, -0.2) is 4.57 Å². The molecule has 0 saturated heterocycles. The average molecular weight is 517 g/mol. The molecule has 0 aromatic heterocycles. The predicted octanol–water partition coefficient (Wildman–Crippen LogP) is -4.44. The van der Waals surface area contributed by atoms with Crippen molar-refractivity contribution in [3.63, 3.8) is 0 Å². The third-order valence-corrected chi connectivity index (χ3v) is 3.74. The summed E-state index contributed by atoms with van der Waals surface area (Å²) in [4.78, 5) is 0. The summed E-state index contributed by atoms with van der Waals surface area (Å²) in [6.07, 6.45) is 5.63. The molecule has 0 aliphatic heterocycles. The van der Waals surface area contributed by atoms with Gasteiger partial charge in [0.15, 0.2) is 0 Å².